The molecule has 1 aliphatic rings. The Kier molecular flexibility index (Phi) is 6.09. The summed E-state index contributed by atoms with van der Waals surface area (Å²) in [5.41, 5.74) is 2.72. The second kappa shape index (κ2) is 8.52. The number of nitrogens with one attached hydrogen (secondary N) is 1. The maximum atomic E-state index is 13.7. The number of carbonyl (C=O) groups excluding carboxylic acids is 2. The van der Waals surface area contributed by atoms with Crippen LogP contribution in [-0.2, 0) is 4.79 Å². The Morgan fingerprint density at radius 2 is 1.68 bits per heavy atom. The second-order valence-corrected chi connectivity index (χ2v) is 7.27. The zero-order valence-corrected chi connectivity index (χ0v) is 16.5. The van der Waals surface area contributed by atoms with E-state index in [4.69, 9.17) is 0 Å². The van der Waals surface area contributed by atoms with E-state index in [1.54, 1.807) is 24.0 Å². The molecule has 1 atom stereocenters. The molecule has 5 nitrogen and oxygen atoms in total. The van der Waals surface area contributed by atoms with E-state index in [0.717, 1.165) is 11.3 Å². The summed E-state index contributed by atoms with van der Waals surface area (Å²) in [6.07, 6.45) is 0. The minimum Gasteiger partial charge on any atom is -0.336 e. The molecule has 1 fully saturated rings. The lowest BCUT2D eigenvalue weighted by atomic mass is 10.1. The lowest BCUT2D eigenvalue weighted by molar-refractivity contribution is -0.121. The van der Waals surface area contributed by atoms with Gasteiger partial charge < -0.3 is 10.2 Å². The number of hydrogen-bond donors (Lipinski definition) is 1. The number of nitrogens with zero attached hydrogens (tertiary/aromatic N) is 2. The van der Waals surface area contributed by atoms with Gasteiger partial charge in [-0.1, -0.05) is 24.3 Å². The van der Waals surface area contributed by atoms with Crippen LogP contribution in [0, 0.1) is 19.7 Å². The number of para-hydroxylation sites is 1. The molecular formula is C22H26FN3O2. The van der Waals surface area contributed by atoms with Crippen molar-refractivity contribution in [1.82, 2.24) is 9.80 Å². The maximum absolute atomic E-state index is 13.7. The molecule has 1 saturated heterocycles. The van der Waals surface area contributed by atoms with E-state index in [0.29, 0.717) is 37.3 Å². The molecular weight excluding hydrogens is 357 g/mol. The molecule has 1 N–H and O–H groups in total. The van der Waals surface area contributed by atoms with E-state index in [2.05, 4.69) is 10.2 Å². The summed E-state index contributed by atoms with van der Waals surface area (Å²) in [4.78, 5) is 29.0. The Balaban J connectivity index is 1.57. The third-order valence-corrected chi connectivity index (χ3v) is 5.35. The summed E-state index contributed by atoms with van der Waals surface area (Å²) >= 11 is 0. The zero-order chi connectivity index (χ0) is 20.3. The van der Waals surface area contributed by atoms with Crippen LogP contribution in [0.3, 0.4) is 0 Å². The minimum atomic E-state index is -0.369. The minimum absolute atomic E-state index is 0.0605. The van der Waals surface area contributed by atoms with E-state index in [-0.39, 0.29) is 23.7 Å². The first kappa shape index (κ1) is 20.0. The molecule has 0 radical (unpaired) electrons. The molecule has 3 rings (SSSR count). The van der Waals surface area contributed by atoms with Crippen LogP contribution in [0.4, 0.5) is 10.1 Å². The van der Waals surface area contributed by atoms with Crippen LogP contribution in [-0.4, -0.2) is 53.8 Å². The van der Waals surface area contributed by atoms with Gasteiger partial charge in [0.15, 0.2) is 0 Å². The summed E-state index contributed by atoms with van der Waals surface area (Å²) in [6, 6.07) is 11.9. The lowest BCUT2D eigenvalue weighted by Crippen LogP contribution is -2.54. The summed E-state index contributed by atoms with van der Waals surface area (Å²) in [5, 5.41) is 2.98. The highest BCUT2D eigenvalue weighted by molar-refractivity contribution is 5.95. The summed E-state index contributed by atoms with van der Waals surface area (Å²) in [7, 11) is 0. The number of hydrogen-bond acceptors (Lipinski definition) is 3. The van der Waals surface area contributed by atoms with Gasteiger partial charge >= 0.3 is 0 Å². The fraction of sp³-hybridized carbons (Fsp3) is 0.364. The van der Waals surface area contributed by atoms with Crippen molar-refractivity contribution in [3.8, 4) is 0 Å². The monoisotopic (exact) mass is 383 g/mol. The molecule has 1 heterocycles. The summed E-state index contributed by atoms with van der Waals surface area (Å²) < 4.78 is 13.7. The van der Waals surface area contributed by atoms with Crippen LogP contribution in [0.2, 0.25) is 0 Å². The summed E-state index contributed by atoms with van der Waals surface area (Å²) in [6.45, 7) is 7.72. The number of halogens is 1. The van der Waals surface area contributed by atoms with Gasteiger partial charge in [-0.25, -0.2) is 4.39 Å². The average Bonchev–Trinajstić information content (AvgIpc) is 2.70. The maximum Gasteiger partial charge on any atom is 0.254 e. The molecule has 0 aromatic heterocycles. The SMILES string of the molecule is Cc1ccc(C(=O)N2CCN(C(C)C(=O)Nc3ccccc3C)CC2)cc1F. The van der Waals surface area contributed by atoms with Crippen LogP contribution >= 0.6 is 0 Å². The van der Waals surface area contributed by atoms with Gasteiger partial charge in [-0.05, 0) is 50.1 Å². The zero-order valence-electron chi connectivity index (χ0n) is 16.5. The Morgan fingerprint density at radius 3 is 2.32 bits per heavy atom. The van der Waals surface area contributed by atoms with Crippen molar-refractivity contribution in [1.29, 1.82) is 0 Å². The Labute approximate surface area is 165 Å². The van der Waals surface area contributed by atoms with Crippen molar-refractivity contribution in [3.05, 3.63) is 65.0 Å². The third kappa shape index (κ3) is 4.39. The number of amides is 2. The number of anilines is 1. The fourth-order valence-electron chi connectivity index (χ4n) is 3.34. The van der Waals surface area contributed by atoms with Crippen LogP contribution in [0.5, 0.6) is 0 Å². The van der Waals surface area contributed by atoms with Crippen molar-refractivity contribution in [3.63, 3.8) is 0 Å². The summed E-state index contributed by atoms with van der Waals surface area (Å²) in [5.74, 6) is -0.601. The molecule has 148 valence electrons. The number of rotatable bonds is 4. The van der Waals surface area contributed by atoms with Crippen LogP contribution < -0.4 is 5.32 Å². The normalized spacial score (nSPS) is 15.9. The van der Waals surface area contributed by atoms with Crippen molar-refractivity contribution >= 4 is 17.5 Å². The van der Waals surface area contributed by atoms with Crippen molar-refractivity contribution < 1.29 is 14.0 Å². The van der Waals surface area contributed by atoms with Crippen molar-refractivity contribution in [2.45, 2.75) is 26.8 Å². The van der Waals surface area contributed by atoms with Crippen molar-refractivity contribution in [2.75, 3.05) is 31.5 Å². The number of aryl methyl sites for hydroxylation is 2. The lowest BCUT2D eigenvalue weighted by Gasteiger charge is -2.37. The molecule has 2 amide bonds. The van der Waals surface area contributed by atoms with E-state index in [1.165, 1.54) is 6.07 Å². The van der Waals surface area contributed by atoms with E-state index >= 15 is 0 Å². The molecule has 2 aromatic rings. The molecule has 28 heavy (non-hydrogen) atoms. The highest BCUT2D eigenvalue weighted by Gasteiger charge is 2.28. The first-order valence-corrected chi connectivity index (χ1v) is 9.53. The number of benzene rings is 2. The van der Waals surface area contributed by atoms with E-state index in [1.807, 2.05) is 38.1 Å². The van der Waals surface area contributed by atoms with Gasteiger partial charge in [0.1, 0.15) is 5.82 Å². The molecule has 0 bridgehead atoms. The Bertz CT molecular complexity index is 876. The molecule has 0 saturated carbocycles. The van der Waals surface area contributed by atoms with Gasteiger partial charge in [-0.2, -0.15) is 0 Å². The highest BCUT2D eigenvalue weighted by Crippen LogP contribution is 2.17. The standard InChI is InChI=1S/C22H26FN3O2/c1-15-8-9-18(14-19(15)23)22(28)26-12-10-25(11-13-26)17(3)21(27)24-20-7-5-4-6-16(20)2/h4-9,14,17H,10-13H2,1-3H3,(H,24,27). The van der Waals surface area contributed by atoms with Crippen LogP contribution in [0.1, 0.15) is 28.4 Å². The molecule has 2 aromatic carbocycles. The largest absolute Gasteiger partial charge is 0.336 e. The smallest absolute Gasteiger partial charge is 0.254 e. The topological polar surface area (TPSA) is 52.7 Å². The van der Waals surface area contributed by atoms with Gasteiger partial charge in [0, 0.05) is 37.4 Å². The molecule has 1 unspecified atom stereocenters. The molecule has 6 heteroatoms. The Hall–Kier alpha value is -2.73. The van der Waals surface area contributed by atoms with Gasteiger partial charge in [-0.3, -0.25) is 14.5 Å². The van der Waals surface area contributed by atoms with E-state index in [9.17, 15) is 14.0 Å². The van der Waals surface area contributed by atoms with Gasteiger partial charge in [-0.15, -0.1) is 0 Å². The molecule has 1 aliphatic heterocycles. The average molecular weight is 383 g/mol. The Morgan fingerprint density at radius 1 is 1.00 bits per heavy atom. The van der Waals surface area contributed by atoms with Crippen LogP contribution in [0.25, 0.3) is 0 Å². The predicted octanol–water partition coefficient (Wildman–Crippen LogP) is 3.23. The predicted molar refractivity (Wildman–Crippen MR) is 108 cm³/mol. The quantitative estimate of drug-likeness (QED) is 0.882. The first-order chi connectivity index (χ1) is 13.4. The van der Waals surface area contributed by atoms with E-state index < -0.39 is 0 Å². The van der Waals surface area contributed by atoms with Gasteiger partial charge in [0.25, 0.3) is 5.91 Å². The van der Waals surface area contributed by atoms with Gasteiger partial charge in [0.05, 0.1) is 6.04 Å². The molecule has 0 aliphatic carbocycles. The number of piperazine rings is 1. The van der Waals surface area contributed by atoms with Crippen LogP contribution in [0.15, 0.2) is 42.5 Å². The third-order valence-electron chi connectivity index (χ3n) is 5.35. The number of carbonyl (C=O) groups is 2. The fourth-order valence-corrected chi connectivity index (χ4v) is 3.34. The highest BCUT2D eigenvalue weighted by atomic mass is 19.1. The van der Waals surface area contributed by atoms with Crippen molar-refractivity contribution in [2.24, 2.45) is 0 Å². The molecule has 0 spiro atoms. The first-order valence-electron chi connectivity index (χ1n) is 9.53. The second-order valence-electron chi connectivity index (χ2n) is 7.27. The van der Waals surface area contributed by atoms with Gasteiger partial charge in [0.2, 0.25) is 5.91 Å².